The van der Waals surface area contributed by atoms with Crippen LogP contribution in [-0.4, -0.2) is 35.1 Å². The largest absolute Gasteiger partial charge is 0.357 e. The second-order valence-corrected chi connectivity index (χ2v) is 6.32. The molecule has 0 radical (unpaired) electrons. The Morgan fingerprint density at radius 2 is 1.84 bits per heavy atom. The van der Waals surface area contributed by atoms with E-state index in [1.165, 1.54) is 25.7 Å². The molecule has 1 saturated carbocycles. The third kappa shape index (κ3) is 3.47. The Morgan fingerprint density at radius 1 is 1.21 bits per heavy atom. The number of hydrogen-bond acceptors (Lipinski definition) is 5. The average Bonchev–Trinajstić information content (AvgIpc) is 2.37. The summed E-state index contributed by atoms with van der Waals surface area (Å²) < 4.78 is 0. The number of halogens is 1. The molecule has 1 heterocycles. The number of nitrogens with one attached hydrogen (secondary N) is 1. The minimum atomic E-state index is 0.234. The van der Waals surface area contributed by atoms with Crippen molar-refractivity contribution in [3.8, 4) is 0 Å². The molecule has 0 amide bonds. The van der Waals surface area contributed by atoms with Gasteiger partial charge in [-0.2, -0.15) is 15.0 Å². The molecule has 6 heteroatoms. The fourth-order valence-corrected chi connectivity index (χ4v) is 2.70. The number of nitrogens with zero attached hydrogens (tertiary/aromatic N) is 4. The summed E-state index contributed by atoms with van der Waals surface area (Å²) in [6.45, 7) is 4.67. The molecule has 2 rings (SSSR count). The van der Waals surface area contributed by atoms with Gasteiger partial charge in [-0.3, -0.25) is 0 Å². The summed E-state index contributed by atoms with van der Waals surface area (Å²) in [4.78, 5) is 14.7. The van der Waals surface area contributed by atoms with Crippen molar-refractivity contribution in [1.82, 2.24) is 15.0 Å². The topological polar surface area (TPSA) is 53.9 Å². The summed E-state index contributed by atoms with van der Waals surface area (Å²) in [5, 5.41) is 3.14. The standard InChI is InChI=1S/C13H22ClN5/c1-13(2)7-5-9(6-8-13)19(4)12-17-10(14)16-11(15-3)18-12/h9H,5-8H2,1-4H3,(H,15,16,17,18). The van der Waals surface area contributed by atoms with Gasteiger partial charge in [0.15, 0.2) is 0 Å². The molecule has 5 nitrogen and oxygen atoms in total. The van der Waals surface area contributed by atoms with E-state index in [0.29, 0.717) is 23.4 Å². The van der Waals surface area contributed by atoms with Crippen molar-refractivity contribution in [3.05, 3.63) is 5.28 Å². The van der Waals surface area contributed by atoms with Crippen LogP contribution < -0.4 is 10.2 Å². The van der Waals surface area contributed by atoms with Crippen LogP contribution in [0.5, 0.6) is 0 Å². The first-order valence-corrected chi connectivity index (χ1v) is 7.11. The Kier molecular flexibility index (Phi) is 4.13. The average molecular weight is 284 g/mol. The molecule has 106 valence electrons. The second-order valence-electron chi connectivity index (χ2n) is 5.98. The molecule has 1 aliphatic rings. The Hall–Kier alpha value is -1.10. The van der Waals surface area contributed by atoms with Crippen molar-refractivity contribution < 1.29 is 0 Å². The molecule has 0 saturated heterocycles. The summed E-state index contributed by atoms with van der Waals surface area (Å²) in [5.41, 5.74) is 0.463. The van der Waals surface area contributed by atoms with Crippen LogP contribution in [0, 0.1) is 5.41 Å². The van der Waals surface area contributed by atoms with Gasteiger partial charge in [-0.25, -0.2) is 0 Å². The Morgan fingerprint density at radius 3 is 2.42 bits per heavy atom. The predicted molar refractivity (Wildman–Crippen MR) is 78.8 cm³/mol. The highest BCUT2D eigenvalue weighted by atomic mass is 35.5. The lowest BCUT2D eigenvalue weighted by atomic mass is 9.75. The first-order chi connectivity index (χ1) is 8.91. The van der Waals surface area contributed by atoms with Gasteiger partial charge in [0.2, 0.25) is 17.2 Å². The van der Waals surface area contributed by atoms with Gasteiger partial charge >= 0.3 is 0 Å². The van der Waals surface area contributed by atoms with Gasteiger partial charge in [0.1, 0.15) is 0 Å². The zero-order chi connectivity index (χ0) is 14.0. The van der Waals surface area contributed by atoms with Crippen molar-refractivity contribution in [2.75, 3.05) is 24.3 Å². The molecule has 19 heavy (non-hydrogen) atoms. The van der Waals surface area contributed by atoms with E-state index in [1.54, 1.807) is 7.05 Å². The van der Waals surface area contributed by atoms with Crippen LogP contribution in [0.1, 0.15) is 39.5 Å². The molecule has 1 fully saturated rings. The highest BCUT2D eigenvalue weighted by molar-refractivity contribution is 6.28. The minimum Gasteiger partial charge on any atom is -0.357 e. The van der Waals surface area contributed by atoms with E-state index in [9.17, 15) is 0 Å². The lowest BCUT2D eigenvalue weighted by molar-refractivity contribution is 0.222. The Labute approximate surface area is 119 Å². The lowest BCUT2D eigenvalue weighted by Gasteiger charge is -2.38. The lowest BCUT2D eigenvalue weighted by Crippen LogP contribution is -2.38. The van der Waals surface area contributed by atoms with E-state index in [4.69, 9.17) is 11.6 Å². The van der Waals surface area contributed by atoms with Crippen LogP contribution in [0.4, 0.5) is 11.9 Å². The van der Waals surface area contributed by atoms with Crippen LogP contribution in [0.25, 0.3) is 0 Å². The molecule has 0 atom stereocenters. The summed E-state index contributed by atoms with van der Waals surface area (Å²) in [5.74, 6) is 1.16. The molecule has 0 unspecified atom stereocenters. The maximum Gasteiger partial charge on any atom is 0.231 e. The van der Waals surface area contributed by atoms with Crippen LogP contribution in [0.2, 0.25) is 5.28 Å². The van der Waals surface area contributed by atoms with Gasteiger partial charge in [-0.15, -0.1) is 0 Å². The highest BCUT2D eigenvalue weighted by Crippen LogP contribution is 2.37. The first kappa shape index (κ1) is 14.3. The van der Waals surface area contributed by atoms with Crippen LogP contribution >= 0.6 is 11.6 Å². The number of aromatic nitrogens is 3. The van der Waals surface area contributed by atoms with E-state index in [2.05, 4.69) is 39.0 Å². The molecule has 1 aromatic heterocycles. The van der Waals surface area contributed by atoms with E-state index >= 15 is 0 Å². The first-order valence-electron chi connectivity index (χ1n) is 6.73. The van der Waals surface area contributed by atoms with Crippen molar-refractivity contribution in [2.24, 2.45) is 5.41 Å². The van der Waals surface area contributed by atoms with Crippen LogP contribution in [0.3, 0.4) is 0 Å². The minimum absolute atomic E-state index is 0.234. The smallest absolute Gasteiger partial charge is 0.231 e. The molecule has 0 aliphatic heterocycles. The van der Waals surface area contributed by atoms with Gasteiger partial charge in [0, 0.05) is 20.1 Å². The van der Waals surface area contributed by atoms with Crippen molar-refractivity contribution in [3.63, 3.8) is 0 Å². The molecule has 0 bridgehead atoms. The van der Waals surface area contributed by atoms with E-state index < -0.39 is 0 Å². The van der Waals surface area contributed by atoms with Gasteiger partial charge in [0.25, 0.3) is 0 Å². The van der Waals surface area contributed by atoms with E-state index in [1.807, 2.05) is 7.05 Å². The fourth-order valence-electron chi connectivity index (χ4n) is 2.54. The fraction of sp³-hybridized carbons (Fsp3) is 0.769. The van der Waals surface area contributed by atoms with Crippen molar-refractivity contribution >= 4 is 23.5 Å². The van der Waals surface area contributed by atoms with Crippen LogP contribution in [-0.2, 0) is 0 Å². The summed E-state index contributed by atoms with van der Waals surface area (Å²) in [7, 11) is 3.81. The molecule has 0 aromatic carbocycles. The van der Waals surface area contributed by atoms with Gasteiger partial charge < -0.3 is 10.2 Å². The predicted octanol–water partition coefficient (Wildman–Crippen LogP) is 2.97. The zero-order valence-corrected chi connectivity index (χ0v) is 12.8. The molecular weight excluding hydrogens is 262 g/mol. The third-order valence-electron chi connectivity index (χ3n) is 3.99. The number of anilines is 2. The second kappa shape index (κ2) is 5.49. The maximum atomic E-state index is 5.93. The highest BCUT2D eigenvalue weighted by Gasteiger charge is 2.29. The molecule has 1 aliphatic carbocycles. The monoisotopic (exact) mass is 283 g/mol. The van der Waals surface area contributed by atoms with Crippen LogP contribution in [0.15, 0.2) is 0 Å². The van der Waals surface area contributed by atoms with E-state index in [0.717, 1.165) is 0 Å². The van der Waals surface area contributed by atoms with Gasteiger partial charge in [-0.05, 0) is 42.7 Å². The zero-order valence-electron chi connectivity index (χ0n) is 12.1. The quantitative estimate of drug-likeness (QED) is 0.924. The SMILES string of the molecule is CNc1nc(Cl)nc(N(C)C2CCC(C)(C)CC2)n1. The molecule has 0 spiro atoms. The molecule has 1 aromatic rings. The number of hydrogen-bond donors (Lipinski definition) is 1. The Bertz CT molecular complexity index is 439. The summed E-state index contributed by atoms with van der Waals surface area (Å²) >= 11 is 5.93. The summed E-state index contributed by atoms with van der Waals surface area (Å²) in [6, 6.07) is 0.483. The van der Waals surface area contributed by atoms with Crippen molar-refractivity contribution in [2.45, 2.75) is 45.6 Å². The Balaban J connectivity index is 2.11. The normalized spacial score (nSPS) is 19.2. The summed E-state index contributed by atoms with van der Waals surface area (Å²) in [6.07, 6.45) is 4.81. The van der Waals surface area contributed by atoms with Crippen molar-refractivity contribution in [1.29, 1.82) is 0 Å². The molecule has 1 N–H and O–H groups in total. The maximum absolute atomic E-state index is 5.93. The molecular formula is C13H22ClN5. The third-order valence-corrected chi connectivity index (χ3v) is 4.16. The van der Waals surface area contributed by atoms with Gasteiger partial charge in [0.05, 0.1) is 0 Å². The van der Waals surface area contributed by atoms with E-state index in [-0.39, 0.29) is 5.28 Å². The number of rotatable bonds is 3. The van der Waals surface area contributed by atoms with Gasteiger partial charge in [-0.1, -0.05) is 13.8 Å².